The topological polar surface area (TPSA) is 37.9 Å². The van der Waals surface area contributed by atoms with Crippen LogP contribution in [0.4, 0.5) is 0 Å². The molecule has 0 spiro atoms. The molecule has 0 aliphatic rings. The van der Waals surface area contributed by atoms with Crippen LogP contribution in [0.15, 0.2) is 66.7 Å². The van der Waals surface area contributed by atoms with E-state index in [1.807, 2.05) is 54.6 Å². The van der Waals surface area contributed by atoms with Crippen LogP contribution in [0.25, 0.3) is 33.5 Å². The number of nitrogens with one attached hydrogen (secondary N) is 1. The molecule has 0 saturated heterocycles. The summed E-state index contributed by atoms with van der Waals surface area (Å²) < 4.78 is 5.45. The normalized spacial score (nSPS) is 10.9. The van der Waals surface area contributed by atoms with E-state index in [1.165, 1.54) is 0 Å². The van der Waals surface area contributed by atoms with Crippen LogP contribution in [0.2, 0.25) is 5.02 Å². The predicted molar refractivity (Wildman–Crippen MR) is 98.5 cm³/mol. The van der Waals surface area contributed by atoms with Crippen LogP contribution in [-0.4, -0.2) is 17.1 Å². The highest BCUT2D eigenvalue weighted by atomic mass is 35.5. The van der Waals surface area contributed by atoms with Gasteiger partial charge in [0.2, 0.25) is 0 Å². The van der Waals surface area contributed by atoms with Crippen molar-refractivity contribution in [2.45, 2.75) is 0 Å². The first kappa shape index (κ1) is 14.8. The van der Waals surface area contributed by atoms with Gasteiger partial charge in [0, 0.05) is 22.2 Å². The van der Waals surface area contributed by atoms with E-state index in [0.717, 1.165) is 39.3 Å². The Bertz CT molecular complexity index is 992. The molecule has 0 aliphatic carbocycles. The van der Waals surface area contributed by atoms with Crippen molar-refractivity contribution in [3.63, 3.8) is 0 Å². The van der Waals surface area contributed by atoms with Gasteiger partial charge >= 0.3 is 0 Å². The summed E-state index contributed by atoms with van der Waals surface area (Å²) >= 11 is 5.98. The number of rotatable bonds is 3. The van der Waals surface area contributed by atoms with Crippen LogP contribution >= 0.6 is 11.6 Å². The number of hydrogen-bond donors (Lipinski definition) is 1. The number of H-pyrrole nitrogens is 1. The van der Waals surface area contributed by atoms with Crippen LogP contribution in [0, 0.1) is 0 Å². The molecular formula is C20H15ClN2O. The molecule has 4 rings (SSSR count). The lowest BCUT2D eigenvalue weighted by molar-refractivity contribution is 0.415. The maximum Gasteiger partial charge on any atom is 0.138 e. The summed E-state index contributed by atoms with van der Waals surface area (Å²) in [6.07, 6.45) is 0. The van der Waals surface area contributed by atoms with Crippen LogP contribution in [-0.2, 0) is 0 Å². The van der Waals surface area contributed by atoms with Crippen molar-refractivity contribution in [1.82, 2.24) is 9.97 Å². The van der Waals surface area contributed by atoms with Crippen molar-refractivity contribution >= 4 is 22.6 Å². The van der Waals surface area contributed by atoms with Gasteiger partial charge in [-0.1, -0.05) is 41.9 Å². The van der Waals surface area contributed by atoms with Gasteiger partial charge in [-0.15, -0.1) is 0 Å². The lowest BCUT2D eigenvalue weighted by Crippen LogP contribution is -1.86. The van der Waals surface area contributed by atoms with E-state index in [2.05, 4.69) is 17.1 Å². The van der Waals surface area contributed by atoms with Crippen LogP contribution in [0.3, 0.4) is 0 Å². The maximum absolute atomic E-state index is 5.98. The first-order chi connectivity index (χ1) is 11.7. The van der Waals surface area contributed by atoms with Gasteiger partial charge in [-0.05, 0) is 35.9 Å². The highest BCUT2D eigenvalue weighted by molar-refractivity contribution is 6.30. The molecule has 0 amide bonds. The lowest BCUT2D eigenvalue weighted by atomic mass is 10.0. The molecule has 0 aliphatic heterocycles. The Balaban J connectivity index is 1.94. The molecule has 4 aromatic rings. The Morgan fingerprint density at radius 3 is 2.38 bits per heavy atom. The van der Waals surface area contributed by atoms with Gasteiger partial charge in [0.1, 0.15) is 11.6 Å². The van der Waals surface area contributed by atoms with E-state index < -0.39 is 0 Å². The van der Waals surface area contributed by atoms with E-state index in [9.17, 15) is 0 Å². The number of aromatic nitrogens is 2. The van der Waals surface area contributed by atoms with Gasteiger partial charge in [-0.2, -0.15) is 0 Å². The number of aromatic amines is 1. The summed E-state index contributed by atoms with van der Waals surface area (Å²) in [7, 11) is 1.67. The van der Waals surface area contributed by atoms with Gasteiger partial charge in [-0.25, -0.2) is 4.98 Å². The third-order valence-corrected chi connectivity index (χ3v) is 4.25. The van der Waals surface area contributed by atoms with Crippen molar-refractivity contribution in [3.05, 3.63) is 71.8 Å². The van der Waals surface area contributed by atoms with Gasteiger partial charge in [0.15, 0.2) is 0 Å². The molecule has 3 nitrogen and oxygen atoms in total. The Kier molecular flexibility index (Phi) is 3.71. The number of halogens is 1. The van der Waals surface area contributed by atoms with Crippen LogP contribution in [0.5, 0.6) is 5.75 Å². The summed E-state index contributed by atoms with van der Waals surface area (Å²) in [6.45, 7) is 0. The second-order valence-electron chi connectivity index (χ2n) is 5.53. The van der Waals surface area contributed by atoms with Crippen molar-refractivity contribution in [2.75, 3.05) is 7.11 Å². The fourth-order valence-corrected chi connectivity index (χ4v) is 2.92. The molecule has 4 heteroatoms. The summed E-state index contributed by atoms with van der Waals surface area (Å²) in [5.41, 5.74) is 5.01. The summed E-state index contributed by atoms with van der Waals surface area (Å²) in [5, 5.41) is 0.710. The van der Waals surface area contributed by atoms with Crippen LogP contribution < -0.4 is 4.74 Å². The average molecular weight is 335 g/mol. The van der Waals surface area contributed by atoms with E-state index in [0.29, 0.717) is 5.02 Å². The summed E-state index contributed by atoms with van der Waals surface area (Å²) in [5.74, 6) is 1.61. The van der Waals surface area contributed by atoms with Crippen molar-refractivity contribution in [3.8, 4) is 28.3 Å². The van der Waals surface area contributed by atoms with Gasteiger partial charge in [-0.3, -0.25) is 0 Å². The predicted octanol–water partition coefficient (Wildman–Crippen LogP) is 5.56. The fraction of sp³-hybridized carbons (Fsp3) is 0.0500. The average Bonchev–Trinajstić information content (AvgIpc) is 3.06. The third-order valence-electron chi connectivity index (χ3n) is 4.00. The van der Waals surface area contributed by atoms with Gasteiger partial charge < -0.3 is 9.72 Å². The number of fused-ring (bicyclic) bond motifs is 1. The minimum atomic E-state index is 0.710. The molecule has 3 aromatic carbocycles. The van der Waals surface area contributed by atoms with Crippen LogP contribution in [0.1, 0.15) is 0 Å². The summed E-state index contributed by atoms with van der Waals surface area (Å²) in [6, 6.07) is 21.8. The molecule has 118 valence electrons. The SMILES string of the molecule is COc1cc(-c2ccccc2)c2nc(-c3ccc(Cl)cc3)[nH]c2c1. The lowest BCUT2D eigenvalue weighted by Gasteiger charge is -2.06. The number of hydrogen-bond acceptors (Lipinski definition) is 2. The standard InChI is InChI=1S/C20H15ClN2O/c1-24-16-11-17(13-5-3-2-4-6-13)19-18(12-16)22-20(23-19)14-7-9-15(21)10-8-14/h2-12H,1H3,(H,22,23). The molecule has 0 fully saturated rings. The molecule has 0 bridgehead atoms. The molecule has 0 unspecified atom stereocenters. The molecule has 0 saturated carbocycles. The minimum absolute atomic E-state index is 0.710. The Hall–Kier alpha value is -2.78. The second-order valence-corrected chi connectivity index (χ2v) is 5.97. The third kappa shape index (κ3) is 2.63. The van der Waals surface area contributed by atoms with Crippen molar-refractivity contribution in [2.24, 2.45) is 0 Å². The van der Waals surface area contributed by atoms with E-state index in [4.69, 9.17) is 21.3 Å². The molecule has 0 radical (unpaired) electrons. The molecule has 0 atom stereocenters. The first-order valence-electron chi connectivity index (χ1n) is 7.64. The molecule has 24 heavy (non-hydrogen) atoms. The van der Waals surface area contributed by atoms with E-state index >= 15 is 0 Å². The number of methoxy groups -OCH3 is 1. The van der Waals surface area contributed by atoms with E-state index in [1.54, 1.807) is 7.11 Å². The first-order valence-corrected chi connectivity index (χ1v) is 8.01. The maximum atomic E-state index is 5.98. The summed E-state index contributed by atoms with van der Waals surface area (Å²) in [4.78, 5) is 8.19. The second kappa shape index (κ2) is 6.02. The largest absolute Gasteiger partial charge is 0.497 e. The highest BCUT2D eigenvalue weighted by Crippen LogP contribution is 2.33. The zero-order valence-electron chi connectivity index (χ0n) is 13.1. The van der Waals surface area contributed by atoms with Crippen molar-refractivity contribution < 1.29 is 4.74 Å². The monoisotopic (exact) mass is 334 g/mol. The number of nitrogens with zero attached hydrogens (tertiary/aromatic N) is 1. The molecule has 1 N–H and O–H groups in total. The van der Waals surface area contributed by atoms with Gasteiger partial charge in [0.25, 0.3) is 0 Å². The highest BCUT2D eigenvalue weighted by Gasteiger charge is 2.12. The number of benzene rings is 3. The molecule has 1 heterocycles. The number of ether oxygens (including phenoxy) is 1. The van der Waals surface area contributed by atoms with Gasteiger partial charge in [0.05, 0.1) is 18.1 Å². The molecule has 1 aromatic heterocycles. The van der Waals surface area contributed by atoms with E-state index in [-0.39, 0.29) is 0 Å². The fourth-order valence-electron chi connectivity index (χ4n) is 2.79. The zero-order chi connectivity index (χ0) is 16.5. The molecular weight excluding hydrogens is 320 g/mol. The van der Waals surface area contributed by atoms with Crippen molar-refractivity contribution in [1.29, 1.82) is 0 Å². The Morgan fingerprint density at radius 1 is 0.917 bits per heavy atom. The minimum Gasteiger partial charge on any atom is -0.497 e. The Morgan fingerprint density at radius 2 is 1.67 bits per heavy atom. The number of imidazole rings is 1. The quantitative estimate of drug-likeness (QED) is 0.532. The smallest absolute Gasteiger partial charge is 0.138 e. The zero-order valence-corrected chi connectivity index (χ0v) is 13.8. The Labute approximate surface area is 144 Å².